The van der Waals surface area contributed by atoms with E-state index in [4.69, 9.17) is 0 Å². The van der Waals surface area contributed by atoms with Gasteiger partial charge >= 0.3 is 5.97 Å². The summed E-state index contributed by atoms with van der Waals surface area (Å²) in [5.74, 6) is -2.02. The smallest absolute Gasteiger partial charge is 0.308 e. The third kappa shape index (κ3) is 2.69. The largest absolute Gasteiger partial charge is 0.481 e. The number of hydrogen-bond donors (Lipinski definition) is 1. The number of nitrogens with zero attached hydrogens (tertiary/aromatic N) is 2. The molecule has 130 valence electrons. The maximum Gasteiger partial charge on any atom is 0.308 e. The zero-order valence-electron chi connectivity index (χ0n) is 13.6. The Morgan fingerprint density at radius 2 is 1.96 bits per heavy atom. The summed E-state index contributed by atoms with van der Waals surface area (Å²) in [6.07, 6.45) is 0.705. The van der Waals surface area contributed by atoms with Gasteiger partial charge in [-0.3, -0.25) is 9.59 Å². The van der Waals surface area contributed by atoms with Gasteiger partial charge in [-0.1, -0.05) is 13.0 Å². The highest BCUT2D eigenvalue weighted by atomic mass is 32.2. The van der Waals surface area contributed by atoms with E-state index in [2.05, 4.69) is 0 Å². The molecule has 0 radical (unpaired) electrons. The second kappa shape index (κ2) is 5.86. The Balaban J connectivity index is 1.93. The molecule has 1 N–H and O–H groups in total. The molecule has 0 spiro atoms. The van der Waals surface area contributed by atoms with Crippen molar-refractivity contribution in [1.82, 2.24) is 4.31 Å². The predicted octanol–water partition coefficient (Wildman–Crippen LogP) is 0.937. The Kier molecular flexibility index (Phi) is 4.13. The summed E-state index contributed by atoms with van der Waals surface area (Å²) in [4.78, 5) is 24.6. The molecule has 7 nitrogen and oxygen atoms in total. The molecule has 0 unspecified atom stereocenters. The summed E-state index contributed by atoms with van der Waals surface area (Å²) in [5, 5.41) is 9.19. The molecule has 24 heavy (non-hydrogen) atoms. The molecule has 1 amide bonds. The van der Waals surface area contributed by atoms with Gasteiger partial charge in [0.15, 0.2) is 0 Å². The fraction of sp³-hybridized carbons (Fsp3) is 0.500. The summed E-state index contributed by atoms with van der Waals surface area (Å²) in [6.45, 7) is 3.92. The van der Waals surface area contributed by atoms with Gasteiger partial charge in [0, 0.05) is 32.2 Å². The van der Waals surface area contributed by atoms with E-state index in [0.717, 1.165) is 5.56 Å². The Morgan fingerprint density at radius 3 is 2.54 bits per heavy atom. The fourth-order valence-corrected chi connectivity index (χ4v) is 5.02. The van der Waals surface area contributed by atoms with Crippen molar-refractivity contribution in [2.45, 2.75) is 25.2 Å². The van der Waals surface area contributed by atoms with Crippen molar-refractivity contribution in [3.63, 3.8) is 0 Å². The Hall–Kier alpha value is -1.93. The number of carbonyl (C=O) groups is 2. The van der Waals surface area contributed by atoms with Gasteiger partial charge in [0.1, 0.15) is 0 Å². The molecule has 8 heteroatoms. The van der Waals surface area contributed by atoms with Crippen LogP contribution in [0.5, 0.6) is 0 Å². The second-order valence-electron chi connectivity index (χ2n) is 6.46. The number of benzene rings is 1. The van der Waals surface area contributed by atoms with Gasteiger partial charge in [-0.25, -0.2) is 8.42 Å². The lowest BCUT2D eigenvalue weighted by Crippen LogP contribution is -2.30. The summed E-state index contributed by atoms with van der Waals surface area (Å²) < 4.78 is 26.9. The SMILES string of the molecule is CC(=O)N1CCc2ccc(S(=O)(=O)N3C[C@@H](C)[C@H](C(=O)O)C3)cc21. The maximum atomic E-state index is 12.9. The van der Waals surface area contributed by atoms with Gasteiger partial charge in [-0.05, 0) is 30.0 Å². The number of carbonyl (C=O) groups excluding carboxylic acids is 1. The third-order valence-electron chi connectivity index (χ3n) is 4.87. The topological polar surface area (TPSA) is 95.0 Å². The van der Waals surface area contributed by atoms with Gasteiger partial charge in [-0.2, -0.15) is 4.31 Å². The molecule has 2 aliphatic rings. The molecule has 3 rings (SSSR count). The van der Waals surface area contributed by atoms with Crippen LogP contribution in [0.3, 0.4) is 0 Å². The van der Waals surface area contributed by atoms with Crippen LogP contribution in [-0.2, 0) is 26.0 Å². The van der Waals surface area contributed by atoms with Crippen molar-refractivity contribution in [2.24, 2.45) is 11.8 Å². The molecule has 0 bridgehead atoms. The lowest BCUT2D eigenvalue weighted by Gasteiger charge is -2.19. The number of rotatable bonds is 3. The van der Waals surface area contributed by atoms with Gasteiger partial charge < -0.3 is 10.0 Å². The lowest BCUT2D eigenvalue weighted by molar-refractivity contribution is -0.142. The standard InChI is InChI=1S/C16H20N2O5S/c1-10-8-17(9-14(10)16(20)21)24(22,23)13-4-3-12-5-6-18(11(2)19)15(12)7-13/h3-4,7,10,14H,5-6,8-9H2,1-2H3,(H,20,21)/t10-,14-/m1/s1. The summed E-state index contributed by atoms with van der Waals surface area (Å²) in [6, 6.07) is 4.80. The van der Waals surface area contributed by atoms with E-state index in [9.17, 15) is 23.1 Å². The number of hydrogen-bond acceptors (Lipinski definition) is 4. The van der Waals surface area contributed by atoms with Crippen LogP contribution in [0.1, 0.15) is 19.4 Å². The van der Waals surface area contributed by atoms with E-state index in [1.807, 2.05) is 0 Å². The molecule has 2 atom stereocenters. The van der Waals surface area contributed by atoms with E-state index in [0.29, 0.717) is 18.7 Å². The Labute approximate surface area is 140 Å². The molecule has 0 aliphatic carbocycles. The molecular formula is C16H20N2O5S. The van der Waals surface area contributed by atoms with Crippen molar-refractivity contribution in [3.8, 4) is 0 Å². The van der Waals surface area contributed by atoms with Gasteiger partial charge in [0.2, 0.25) is 15.9 Å². The number of anilines is 1. The monoisotopic (exact) mass is 352 g/mol. The highest BCUT2D eigenvalue weighted by molar-refractivity contribution is 7.89. The molecule has 2 aliphatic heterocycles. The normalized spacial score (nSPS) is 24.2. The van der Waals surface area contributed by atoms with Crippen LogP contribution in [0, 0.1) is 11.8 Å². The van der Waals surface area contributed by atoms with Crippen LogP contribution >= 0.6 is 0 Å². The first-order chi connectivity index (χ1) is 11.2. The van der Waals surface area contributed by atoms with Gasteiger partial charge in [-0.15, -0.1) is 0 Å². The maximum absolute atomic E-state index is 12.9. The van der Waals surface area contributed by atoms with E-state index in [-0.39, 0.29) is 29.8 Å². The Morgan fingerprint density at radius 1 is 1.25 bits per heavy atom. The number of carboxylic acid groups (broad SMARTS) is 1. The summed E-state index contributed by atoms with van der Waals surface area (Å²) >= 11 is 0. The molecule has 1 aromatic rings. The minimum atomic E-state index is -3.78. The first-order valence-corrected chi connectivity index (χ1v) is 9.30. The van der Waals surface area contributed by atoms with Crippen LogP contribution in [0.4, 0.5) is 5.69 Å². The Bertz CT molecular complexity index is 805. The highest BCUT2D eigenvalue weighted by Crippen LogP contribution is 2.34. The second-order valence-corrected chi connectivity index (χ2v) is 8.39. The van der Waals surface area contributed by atoms with Crippen molar-refractivity contribution in [2.75, 3.05) is 24.5 Å². The molecule has 1 saturated heterocycles. The summed E-state index contributed by atoms with van der Waals surface area (Å²) in [7, 11) is -3.78. The average molecular weight is 352 g/mol. The molecule has 0 aromatic heterocycles. The van der Waals surface area contributed by atoms with Crippen molar-refractivity contribution >= 4 is 27.6 Å². The van der Waals surface area contributed by atoms with E-state index in [1.165, 1.54) is 23.4 Å². The molecule has 2 heterocycles. The molecule has 0 saturated carbocycles. The third-order valence-corrected chi connectivity index (χ3v) is 6.69. The lowest BCUT2D eigenvalue weighted by atomic mass is 9.99. The van der Waals surface area contributed by atoms with Crippen molar-refractivity contribution in [3.05, 3.63) is 23.8 Å². The molecular weight excluding hydrogens is 332 g/mol. The number of carboxylic acids is 1. The first-order valence-electron chi connectivity index (χ1n) is 7.86. The van der Waals surface area contributed by atoms with Crippen LogP contribution in [0.25, 0.3) is 0 Å². The minimum Gasteiger partial charge on any atom is -0.481 e. The highest BCUT2D eigenvalue weighted by Gasteiger charge is 2.41. The van der Waals surface area contributed by atoms with Crippen molar-refractivity contribution in [1.29, 1.82) is 0 Å². The summed E-state index contributed by atoms with van der Waals surface area (Å²) in [5.41, 5.74) is 1.58. The number of sulfonamides is 1. The molecule has 1 fully saturated rings. The number of amides is 1. The van der Waals surface area contributed by atoms with Gasteiger partial charge in [0.05, 0.1) is 10.8 Å². The van der Waals surface area contributed by atoms with E-state index >= 15 is 0 Å². The fourth-order valence-electron chi connectivity index (χ4n) is 3.44. The van der Waals surface area contributed by atoms with Gasteiger partial charge in [0.25, 0.3) is 0 Å². The number of aliphatic carboxylic acids is 1. The van der Waals surface area contributed by atoms with Crippen LogP contribution in [0.15, 0.2) is 23.1 Å². The molecule has 1 aromatic carbocycles. The van der Waals surface area contributed by atoms with Crippen LogP contribution < -0.4 is 4.90 Å². The quantitative estimate of drug-likeness (QED) is 0.873. The zero-order chi connectivity index (χ0) is 17.6. The first kappa shape index (κ1) is 16.9. The zero-order valence-corrected chi connectivity index (χ0v) is 14.4. The van der Waals surface area contributed by atoms with Crippen molar-refractivity contribution < 1.29 is 23.1 Å². The van der Waals surface area contributed by atoms with E-state index < -0.39 is 21.9 Å². The minimum absolute atomic E-state index is 0.0215. The number of fused-ring (bicyclic) bond motifs is 1. The van der Waals surface area contributed by atoms with E-state index in [1.54, 1.807) is 17.9 Å². The van der Waals surface area contributed by atoms with Crippen LogP contribution in [0.2, 0.25) is 0 Å². The van der Waals surface area contributed by atoms with Crippen LogP contribution in [-0.4, -0.2) is 49.3 Å². The average Bonchev–Trinajstić information content (AvgIpc) is 3.10. The predicted molar refractivity (Wildman–Crippen MR) is 87.2 cm³/mol.